The minimum absolute atomic E-state index is 0.0160. The fraction of sp³-hybridized carbons (Fsp3) is 0.296. The molecule has 1 saturated carbocycles. The Morgan fingerprint density at radius 3 is 2.53 bits per heavy atom. The normalized spacial score (nSPS) is 21.4. The Hall–Kier alpha value is -3.47. The van der Waals surface area contributed by atoms with Crippen LogP contribution < -0.4 is 4.90 Å². The van der Waals surface area contributed by atoms with Crippen LogP contribution in [0.1, 0.15) is 54.6 Å². The lowest BCUT2D eigenvalue weighted by atomic mass is 10.0. The molecule has 0 N–H and O–H groups in total. The number of rotatable bonds is 5. The molecule has 1 heterocycles. The van der Waals surface area contributed by atoms with Crippen LogP contribution in [0.4, 0.5) is 5.69 Å². The topological polar surface area (TPSA) is 57.7 Å². The van der Waals surface area contributed by atoms with E-state index < -0.39 is 6.04 Å². The lowest BCUT2D eigenvalue weighted by Crippen LogP contribution is -2.41. The van der Waals surface area contributed by atoms with Crippen molar-refractivity contribution in [2.24, 2.45) is 5.92 Å². The molecular weight excluding hydrogens is 400 g/mol. The summed E-state index contributed by atoms with van der Waals surface area (Å²) >= 11 is 0. The van der Waals surface area contributed by atoms with E-state index in [1.807, 2.05) is 66.4 Å². The van der Waals surface area contributed by atoms with Gasteiger partial charge < -0.3 is 9.80 Å². The van der Waals surface area contributed by atoms with E-state index in [0.717, 1.165) is 22.5 Å². The highest BCUT2D eigenvalue weighted by Crippen LogP contribution is 2.34. The number of allylic oxidation sites excluding steroid dienone is 1. The van der Waals surface area contributed by atoms with Gasteiger partial charge in [0.1, 0.15) is 5.78 Å². The number of nitrogens with zero attached hydrogens (tertiary/aromatic N) is 2. The average Bonchev–Trinajstić information content (AvgIpc) is 3.06. The van der Waals surface area contributed by atoms with Gasteiger partial charge in [0, 0.05) is 48.5 Å². The van der Waals surface area contributed by atoms with Crippen LogP contribution in [0.2, 0.25) is 0 Å². The molecule has 2 aromatic rings. The van der Waals surface area contributed by atoms with E-state index in [-0.39, 0.29) is 29.8 Å². The summed E-state index contributed by atoms with van der Waals surface area (Å²) in [5, 5.41) is 0. The van der Waals surface area contributed by atoms with Crippen molar-refractivity contribution in [1.29, 1.82) is 0 Å². The van der Waals surface area contributed by atoms with Crippen LogP contribution in [0.15, 0.2) is 67.4 Å². The largest absolute Gasteiger partial charge is 0.324 e. The highest BCUT2D eigenvalue weighted by atomic mass is 16.2. The van der Waals surface area contributed by atoms with Crippen LogP contribution in [0, 0.1) is 5.92 Å². The molecule has 0 aromatic heterocycles. The van der Waals surface area contributed by atoms with E-state index >= 15 is 0 Å². The van der Waals surface area contributed by atoms with Crippen molar-refractivity contribution in [3.63, 3.8) is 0 Å². The molecule has 2 unspecified atom stereocenters. The summed E-state index contributed by atoms with van der Waals surface area (Å²) in [4.78, 5) is 41.7. The third kappa shape index (κ3) is 3.91. The maximum atomic E-state index is 13.1. The zero-order valence-electron chi connectivity index (χ0n) is 18.6. The number of ketones is 2. The maximum Gasteiger partial charge on any atom is 0.255 e. The van der Waals surface area contributed by atoms with E-state index in [1.165, 1.54) is 0 Å². The summed E-state index contributed by atoms with van der Waals surface area (Å²) in [7, 11) is 0. The lowest BCUT2D eigenvalue weighted by molar-refractivity contribution is -0.126. The molecule has 0 bridgehead atoms. The Kier molecular flexibility index (Phi) is 6.08. The van der Waals surface area contributed by atoms with Gasteiger partial charge in [-0.1, -0.05) is 49.9 Å². The SMILES string of the molecule is C=CN(/C(=C\C)c1ccccc1)c1ccc2c(c1)CN(C1CCC(=O)C(C)CC1=O)C2=O. The Morgan fingerprint density at radius 2 is 1.84 bits per heavy atom. The fourth-order valence-corrected chi connectivity index (χ4v) is 4.70. The first kappa shape index (κ1) is 21.8. The van der Waals surface area contributed by atoms with Crippen LogP contribution in [0.25, 0.3) is 5.70 Å². The monoisotopic (exact) mass is 428 g/mol. The number of carbonyl (C=O) groups excluding carboxylic acids is 3. The van der Waals surface area contributed by atoms with E-state index in [9.17, 15) is 14.4 Å². The number of amides is 1. The molecule has 5 heteroatoms. The van der Waals surface area contributed by atoms with Gasteiger partial charge in [-0.3, -0.25) is 14.4 Å². The molecule has 1 aliphatic heterocycles. The lowest BCUT2D eigenvalue weighted by Gasteiger charge is -2.25. The van der Waals surface area contributed by atoms with Gasteiger partial charge in [-0.2, -0.15) is 0 Å². The van der Waals surface area contributed by atoms with E-state index in [2.05, 4.69) is 6.58 Å². The van der Waals surface area contributed by atoms with Crippen molar-refractivity contribution in [2.75, 3.05) is 4.90 Å². The van der Waals surface area contributed by atoms with Crippen molar-refractivity contribution >= 4 is 28.9 Å². The summed E-state index contributed by atoms with van der Waals surface area (Å²) in [6, 6.07) is 15.3. The smallest absolute Gasteiger partial charge is 0.255 e. The quantitative estimate of drug-likeness (QED) is 0.630. The van der Waals surface area contributed by atoms with Gasteiger partial charge in [0.25, 0.3) is 5.91 Å². The third-order valence-electron chi connectivity index (χ3n) is 6.45. The maximum absolute atomic E-state index is 13.1. The summed E-state index contributed by atoms with van der Waals surface area (Å²) < 4.78 is 0. The van der Waals surface area contributed by atoms with Crippen molar-refractivity contribution in [3.05, 3.63) is 84.1 Å². The molecule has 1 aliphatic carbocycles. The van der Waals surface area contributed by atoms with Gasteiger partial charge >= 0.3 is 0 Å². The number of carbonyl (C=O) groups is 3. The second-order valence-corrected chi connectivity index (χ2v) is 8.46. The molecule has 2 aliphatic rings. The van der Waals surface area contributed by atoms with Gasteiger partial charge in [-0.05, 0) is 42.7 Å². The van der Waals surface area contributed by atoms with Crippen molar-refractivity contribution in [2.45, 2.75) is 45.7 Å². The molecule has 1 amide bonds. The Balaban J connectivity index is 1.62. The van der Waals surface area contributed by atoms with Crippen LogP contribution in [0.5, 0.6) is 0 Å². The highest BCUT2D eigenvalue weighted by Gasteiger charge is 2.39. The van der Waals surface area contributed by atoms with Gasteiger partial charge in [0.15, 0.2) is 5.78 Å². The number of hydrogen-bond acceptors (Lipinski definition) is 4. The molecule has 4 rings (SSSR count). The Bertz CT molecular complexity index is 1100. The first-order valence-corrected chi connectivity index (χ1v) is 11.1. The number of fused-ring (bicyclic) bond motifs is 1. The Labute approximate surface area is 189 Å². The number of Topliss-reactive ketones (excluding diaryl/α,β-unsaturated/α-hetero) is 2. The predicted octanol–water partition coefficient (Wildman–Crippen LogP) is 4.98. The molecule has 2 aromatic carbocycles. The van der Waals surface area contributed by atoms with Crippen molar-refractivity contribution in [3.8, 4) is 0 Å². The zero-order valence-corrected chi connectivity index (χ0v) is 18.6. The number of hydrogen-bond donors (Lipinski definition) is 0. The molecule has 1 fully saturated rings. The van der Waals surface area contributed by atoms with Crippen LogP contribution in [0.3, 0.4) is 0 Å². The first-order chi connectivity index (χ1) is 15.4. The minimum atomic E-state index is -0.529. The van der Waals surface area contributed by atoms with E-state index in [1.54, 1.807) is 18.0 Å². The van der Waals surface area contributed by atoms with E-state index in [4.69, 9.17) is 0 Å². The third-order valence-corrected chi connectivity index (χ3v) is 6.45. The highest BCUT2D eigenvalue weighted by molar-refractivity contribution is 6.03. The minimum Gasteiger partial charge on any atom is -0.324 e. The number of benzene rings is 2. The molecule has 0 radical (unpaired) electrons. The summed E-state index contributed by atoms with van der Waals surface area (Å²) in [6.45, 7) is 8.15. The molecule has 2 atom stereocenters. The van der Waals surface area contributed by atoms with Crippen LogP contribution in [-0.2, 0) is 16.1 Å². The second-order valence-electron chi connectivity index (χ2n) is 8.46. The average molecular weight is 429 g/mol. The Morgan fingerprint density at radius 1 is 1.09 bits per heavy atom. The first-order valence-electron chi connectivity index (χ1n) is 11.1. The second kappa shape index (κ2) is 8.95. The molecule has 0 saturated heterocycles. The van der Waals surface area contributed by atoms with Crippen molar-refractivity contribution < 1.29 is 14.4 Å². The molecule has 164 valence electrons. The summed E-state index contributed by atoms with van der Waals surface area (Å²) in [5.74, 6) is -0.310. The van der Waals surface area contributed by atoms with Crippen LogP contribution in [-0.4, -0.2) is 28.4 Å². The molecule has 0 spiro atoms. The molecule has 5 nitrogen and oxygen atoms in total. The van der Waals surface area contributed by atoms with Crippen molar-refractivity contribution in [1.82, 2.24) is 4.90 Å². The van der Waals surface area contributed by atoms with Gasteiger partial charge in [-0.15, -0.1) is 0 Å². The predicted molar refractivity (Wildman–Crippen MR) is 126 cm³/mol. The summed E-state index contributed by atoms with van der Waals surface area (Å²) in [6.07, 6.45) is 4.75. The molecule has 32 heavy (non-hydrogen) atoms. The van der Waals surface area contributed by atoms with E-state index in [0.29, 0.717) is 24.9 Å². The van der Waals surface area contributed by atoms with Crippen LogP contribution >= 0.6 is 0 Å². The van der Waals surface area contributed by atoms with Gasteiger partial charge in [0.2, 0.25) is 0 Å². The number of anilines is 1. The van der Waals surface area contributed by atoms with Gasteiger partial charge in [-0.25, -0.2) is 0 Å². The summed E-state index contributed by atoms with van der Waals surface area (Å²) in [5.41, 5.74) is 4.47. The fourth-order valence-electron chi connectivity index (χ4n) is 4.70. The zero-order chi connectivity index (χ0) is 22.8. The standard InChI is InChI=1S/C27H28N2O3/c1-4-23(19-9-7-6-8-10-19)28(5-2)21-11-12-22-20(16-21)17-29(27(22)32)24-13-14-25(30)18(3)15-26(24)31/h4-12,16,18,24H,2,13-15,17H2,1,3H3/b23-4-. The van der Waals surface area contributed by atoms with Gasteiger partial charge in [0.05, 0.1) is 6.04 Å². The molecular formula is C27H28N2O3.